The maximum atomic E-state index is 13.5. The number of halogens is 1. The van der Waals surface area contributed by atoms with Crippen molar-refractivity contribution >= 4 is 37.5 Å². The number of carbonyl (C=O) groups is 1. The average molecular weight is 502 g/mol. The first-order valence-electron chi connectivity index (χ1n) is 9.71. The SMILES string of the molecule is Cc1ccc(S(=O)(=O)N(C(=O)COc2ccc(C)cc2Br)c2cccc(C)c2C)cc1. The quantitative estimate of drug-likeness (QED) is 0.448. The van der Waals surface area contributed by atoms with E-state index in [-0.39, 0.29) is 4.90 Å². The lowest BCUT2D eigenvalue weighted by atomic mass is 10.1. The van der Waals surface area contributed by atoms with Crippen molar-refractivity contribution < 1.29 is 17.9 Å². The minimum Gasteiger partial charge on any atom is -0.483 e. The van der Waals surface area contributed by atoms with E-state index in [0.29, 0.717) is 21.5 Å². The Balaban J connectivity index is 2.02. The molecule has 1 amide bonds. The number of sulfonamides is 1. The maximum Gasteiger partial charge on any atom is 0.278 e. The van der Waals surface area contributed by atoms with Gasteiger partial charge in [-0.1, -0.05) is 35.9 Å². The number of nitrogens with zero attached hydrogens (tertiary/aromatic N) is 1. The maximum absolute atomic E-state index is 13.5. The molecule has 31 heavy (non-hydrogen) atoms. The summed E-state index contributed by atoms with van der Waals surface area (Å²) in [5.74, 6) is -0.214. The normalized spacial score (nSPS) is 11.3. The summed E-state index contributed by atoms with van der Waals surface area (Å²) in [6.07, 6.45) is 0. The summed E-state index contributed by atoms with van der Waals surface area (Å²) in [4.78, 5) is 13.3. The van der Waals surface area contributed by atoms with Gasteiger partial charge in [0.15, 0.2) is 6.61 Å². The molecular weight excluding hydrogens is 478 g/mol. The zero-order chi connectivity index (χ0) is 22.8. The Morgan fingerprint density at radius 3 is 2.23 bits per heavy atom. The van der Waals surface area contributed by atoms with E-state index in [2.05, 4.69) is 15.9 Å². The molecule has 0 radical (unpaired) electrons. The first-order chi connectivity index (χ1) is 14.6. The van der Waals surface area contributed by atoms with Gasteiger partial charge in [-0.05, 0) is 90.6 Å². The number of benzene rings is 3. The van der Waals surface area contributed by atoms with Crippen molar-refractivity contribution in [3.8, 4) is 5.75 Å². The molecule has 0 aliphatic heterocycles. The topological polar surface area (TPSA) is 63.7 Å². The fourth-order valence-corrected chi connectivity index (χ4v) is 5.17. The van der Waals surface area contributed by atoms with Gasteiger partial charge in [0.05, 0.1) is 15.1 Å². The summed E-state index contributed by atoms with van der Waals surface area (Å²) in [7, 11) is -4.14. The van der Waals surface area contributed by atoms with Crippen molar-refractivity contribution in [2.24, 2.45) is 0 Å². The van der Waals surface area contributed by atoms with E-state index < -0.39 is 22.5 Å². The second-order valence-corrected chi connectivity index (χ2v) is 10.1. The molecule has 0 aliphatic rings. The monoisotopic (exact) mass is 501 g/mol. The van der Waals surface area contributed by atoms with Crippen LogP contribution in [0.4, 0.5) is 5.69 Å². The third-order valence-electron chi connectivity index (χ3n) is 5.02. The average Bonchev–Trinajstić information content (AvgIpc) is 2.71. The van der Waals surface area contributed by atoms with Crippen molar-refractivity contribution in [1.82, 2.24) is 0 Å². The van der Waals surface area contributed by atoms with E-state index in [0.717, 1.165) is 21.0 Å². The van der Waals surface area contributed by atoms with E-state index in [1.54, 1.807) is 37.3 Å². The number of hydrogen-bond donors (Lipinski definition) is 0. The van der Waals surface area contributed by atoms with E-state index in [9.17, 15) is 13.2 Å². The number of aryl methyl sites for hydroxylation is 3. The summed E-state index contributed by atoms with van der Waals surface area (Å²) < 4.78 is 34.2. The van der Waals surface area contributed by atoms with Crippen molar-refractivity contribution in [1.29, 1.82) is 0 Å². The lowest BCUT2D eigenvalue weighted by molar-refractivity contribution is -0.119. The molecule has 0 atom stereocenters. The first-order valence-corrected chi connectivity index (χ1v) is 11.9. The van der Waals surface area contributed by atoms with Gasteiger partial charge in [-0.3, -0.25) is 4.79 Å². The van der Waals surface area contributed by atoms with E-state index >= 15 is 0 Å². The van der Waals surface area contributed by atoms with Crippen molar-refractivity contribution in [2.45, 2.75) is 32.6 Å². The molecule has 0 bridgehead atoms. The van der Waals surface area contributed by atoms with Gasteiger partial charge in [-0.25, -0.2) is 8.42 Å². The molecule has 0 aliphatic carbocycles. The summed E-state index contributed by atoms with van der Waals surface area (Å²) in [6.45, 7) is 7.06. The first kappa shape index (κ1) is 23.0. The lowest BCUT2D eigenvalue weighted by Crippen LogP contribution is -2.40. The van der Waals surface area contributed by atoms with Gasteiger partial charge in [0.1, 0.15) is 5.75 Å². The number of carbonyl (C=O) groups excluding carboxylic acids is 1. The molecule has 0 N–H and O–H groups in total. The summed E-state index contributed by atoms with van der Waals surface area (Å²) in [6, 6.07) is 17.1. The Kier molecular flexibility index (Phi) is 6.86. The Morgan fingerprint density at radius 1 is 0.935 bits per heavy atom. The minimum absolute atomic E-state index is 0.0453. The molecule has 5 nitrogen and oxygen atoms in total. The van der Waals surface area contributed by atoms with Gasteiger partial charge in [-0.2, -0.15) is 4.31 Å². The van der Waals surface area contributed by atoms with Crippen LogP contribution >= 0.6 is 15.9 Å². The zero-order valence-electron chi connectivity index (χ0n) is 17.8. The Morgan fingerprint density at radius 2 is 1.58 bits per heavy atom. The highest BCUT2D eigenvalue weighted by Gasteiger charge is 2.32. The highest BCUT2D eigenvalue weighted by molar-refractivity contribution is 9.10. The molecule has 3 rings (SSSR count). The van der Waals surface area contributed by atoms with Gasteiger partial charge in [-0.15, -0.1) is 0 Å². The van der Waals surface area contributed by atoms with Crippen LogP contribution in [0.25, 0.3) is 0 Å². The summed E-state index contributed by atoms with van der Waals surface area (Å²) in [5, 5.41) is 0. The highest BCUT2D eigenvalue weighted by Crippen LogP contribution is 2.30. The molecule has 0 unspecified atom stereocenters. The van der Waals surface area contributed by atoms with Crippen LogP contribution < -0.4 is 9.04 Å². The standard InChI is InChI=1S/C24H24BrNO4S/c1-16-8-11-20(12-9-16)31(28,29)26(22-7-5-6-18(3)19(22)4)24(27)15-30-23-13-10-17(2)14-21(23)25/h5-14H,15H2,1-4H3. The number of rotatable bonds is 6. The van der Waals surface area contributed by atoms with Crippen LogP contribution in [0.5, 0.6) is 5.75 Å². The van der Waals surface area contributed by atoms with Crippen LogP contribution in [-0.4, -0.2) is 20.9 Å². The molecular formula is C24H24BrNO4S. The molecule has 162 valence electrons. The van der Waals surface area contributed by atoms with Gasteiger partial charge in [0.2, 0.25) is 0 Å². The second kappa shape index (κ2) is 9.24. The fourth-order valence-electron chi connectivity index (χ4n) is 3.09. The third kappa shape index (κ3) is 4.99. The largest absolute Gasteiger partial charge is 0.483 e. The van der Waals surface area contributed by atoms with Crippen molar-refractivity contribution in [3.05, 3.63) is 87.4 Å². The molecule has 0 saturated heterocycles. The van der Waals surface area contributed by atoms with Gasteiger partial charge in [0, 0.05) is 0 Å². The minimum atomic E-state index is -4.14. The number of ether oxygens (including phenoxy) is 1. The molecule has 3 aromatic rings. The van der Waals surface area contributed by atoms with Gasteiger partial charge >= 0.3 is 0 Å². The lowest BCUT2D eigenvalue weighted by Gasteiger charge is -2.25. The smallest absolute Gasteiger partial charge is 0.278 e. The van der Waals surface area contributed by atoms with Crippen LogP contribution in [0.15, 0.2) is 70.0 Å². The predicted molar refractivity (Wildman–Crippen MR) is 126 cm³/mol. The Hall–Kier alpha value is -2.64. The predicted octanol–water partition coefficient (Wildman–Crippen LogP) is 5.48. The molecule has 0 saturated carbocycles. The van der Waals surface area contributed by atoms with E-state index in [1.807, 2.05) is 39.0 Å². The molecule has 0 aromatic heterocycles. The van der Waals surface area contributed by atoms with Gasteiger partial charge in [0.25, 0.3) is 15.9 Å². The molecule has 0 heterocycles. The van der Waals surface area contributed by atoms with Crippen LogP contribution in [-0.2, 0) is 14.8 Å². The van der Waals surface area contributed by atoms with Crippen LogP contribution in [0.3, 0.4) is 0 Å². The van der Waals surface area contributed by atoms with Crippen LogP contribution in [0.2, 0.25) is 0 Å². The highest BCUT2D eigenvalue weighted by atomic mass is 79.9. The Bertz CT molecular complexity index is 1220. The van der Waals surface area contributed by atoms with Crippen LogP contribution in [0, 0.1) is 27.7 Å². The van der Waals surface area contributed by atoms with E-state index in [1.165, 1.54) is 12.1 Å². The number of amides is 1. The number of anilines is 1. The fraction of sp³-hybridized carbons (Fsp3) is 0.208. The molecule has 0 spiro atoms. The van der Waals surface area contributed by atoms with Crippen molar-refractivity contribution in [3.63, 3.8) is 0 Å². The van der Waals surface area contributed by atoms with Crippen LogP contribution in [0.1, 0.15) is 22.3 Å². The Labute approximate surface area is 191 Å². The second-order valence-electron chi connectivity index (χ2n) is 7.42. The zero-order valence-corrected chi connectivity index (χ0v) is 20.2. The molecule has 0 fully saturated rings. The number of hydrogen-bond acceptors (Lipinski definition) is 4. The van der Waals surface area contributed by atoms with Crippen molar-refractivity contribution in [2.75, 3.05) is 10.9 Å². The van der Waals surface area contributed by atoms with Gasteiger partial charge < -0.3 is 4.74 Å². The third-order valence-corrected chi connectivity index (χ3v) is 7.39. The molecule has 7 heteroatoms. The summed E-state index contributed by atoms with van der Waals surface area (Å²) >= 11 is 3.42. The summed E-state index contributed by atoms with van der Waals surface area (Å²) in [5.41, 5.74) is 3.87. The van der Waals surface area contributed by atoms with E-state index in [4.69, 9.17) is 4.74 Å². The molecule has 3 aromatic carbocycles.